The lowest BCUT2D eigenvalue weighted by Gasteiger charge is -2.22. The van der Waals surface area contributed by atoms with Crippen molar-refractivity contribution in [3.63, 3.8) is 0 Å². The molecule has 1 saturated heterocycles. The molecular weight excluding hydrogens is 168 g/mol. The minimum Gasteiger partial charge on any atom is -0.389 e. The van der Waals surface area contributed by atoms with Crippen LogP contribution in [0.5, 0.6) is 0 Å². The standard InChI is InChI=1S/C6H12O4S/c1-6(2,7)5-3-4-10-11(5,8)9/h5,7H,3-4H2,1-2H3/t5-/m0/s1. The zero-order chi connectivity index (χ0) is 8.70. The molecule has 0 aromatic heterocycles. The SMILES string of the molecule is CC(C)(O)[C@@H]1CCOS1(=O)=O. The Hall–Kier alpha value is -0.130. The summed E-state index contributed by atoms with van der Waals surface area (Å²) in [6.45, 7) is 3.14. The van der Waals surface area contributed by atoms with Crippen LogP contribution < -0.4 is 0 Å². The second kappa shape index (κ2) is 2.43. The predicted octanol–water partition coefficient (Wildman–Crippen LogP) is -0.124. The summed E-state index contributed by atoms with van der Waals surface area (Å²) in [7, 11) is -3.49. The van der Waals surface area contributed by atoms with Crippen LogP contribution in [0.15, 0.2) is 0 Å². The maximum absolute atomic E-state index is 11.0. The van der Waals surface area contributed by atoms with Gasteiger partial charge in [-0.3, -0.25) is 4.18 Å². The topological polar surface area (TPSA) is 63.6 Å². The summed E-state index contributed by atoms with van der Waals surface area (Å²) in [5, 5.41) is 8.63. The van der Waals surface area contributed by atoms with Crippen LogP contribution in [-0.4, -0.2) is 31.0 Å². The van der Waals surface area contributed by atoms with Crippen LogP contribution in [0.2, 0.25) is 0 Å². The van der Waals surface area contributed by atoms with Gasteiger partial charge in [0.15, 0.2) is 0 Å². The van der Waals surface area contributed by atoms with Crippen LogP contribution in [0.4, 0.5) is 0 Å². The van der Waals surface area contributed by atoms with Gasteiger partial charge < -0.3 is 5.11 Å². The first-order valence-corrected chi connectivity index (χ1v) is 4.92. The minimum absolute atomic E-state index is 0.191. The maximum atomic E-state index is 11.0. The molecular formula is C6H12O4S. The fourth-order valence-corrected chi connectivity index (χ4v) is 2.79. The first kappa shape index (κ1) is 8.96. The molecule has 0 aromatic rings. The van der Waals surface area contributed by atoms with E-state index in [0.29, 0.717) is 6.42 Å². The fraction of sp³-hybridized carbons (Fsp3) is 1.00. The highest BCUT2D eigenvalue weighted by molar-refractivity contribution is 7.87. The van der Waals surface area contributed by atoms with Gasteiger partial charge in [0.1, 0.15) is 5.25 Å². The van der Waals surface area contributed by atoms with Gasteiger partial charge >= 0.3 is 0 Å². The van der Waals surface area contributed by atoms with Crippen molar-refractivity contribution in [1.82, 2.24) is 0 Å². The largest absolute Gasteiger partial charge is 0.389 e. The van der Waals surface area contributed by atoms with E-state index in [1.165, 1.54) is 13.8 Å². The van der Waals surface area contributed by atoms with Crippen molar-refractivity contribution < 1.29 is 17.7 Å². The lowest BCUT2D eigenvalue weighted by atomic mass is 10.0. The molecule has 0 unspecified atom stereocenters. The highest BCUT2D eigenvalue weighted by atomic mass is 32.2. The van der Waals surface area contributed by atoms with Gasteiger partial charge in [-0.15, -0.1) is 0 Å². The number of hydrogen-bond donors (Lipinski definition) is 1. The van der Waals surface area contributed by atoms with E-state index in [4.69, 9.17) is 0 Å². The molecule has 1 N–H and O–H groups in total. The molecule has 0 amide bonds. The highest BCUT2D eigenvalue weighted by Crippen LogP contribution is 2.27. The van der Waals surface area contributed by atoms with Crippen LogP contribution in [0.1, 0.15) is 20.3 Å². The molecule has 1 atom stereocenters. The number of rotatable bonds is 1. The smallest absolute Gasteiger partial charge is 0.273 e. The third-order valence-corrected chi connectivity index (χ3v) is 3.77. The fourth-order valence-electron chi connectivity index (χ4n) is 1.20. The second-order valence-electron chi connectivity index (χ2n) is 3.25. The van der Waals surface area contributed by atoms with E-state index in [-0.39, 0.29) is 6.61 Å². The average Bonchev–Trinajstić information content (AvgIpc) is 2.06. The Kier molecular flexibility index (Phi) is 1.98. The van der Waals surface area contributed by atoms with E-state index in [2.05, 4.69) is 4.18 Å². The van der Waals surface area contributed by atoms with E-state index >= 15 is 0 Å². The molecule has 0 saturated carbocycles. The van der Waals surface area contributed by atoms with Crippen LogP contribution in [0, 0.1) is 0 Å². The van der Waals surface area contributed by atoms with Gasteiger partial charge in [-0.25, -0.2) is 0 Å². The molecule has 0 aliphatic carbocycles. The van der Waals surface area contributed by atoms with Crippen molar-refractivity contribution in [2.24, 2.45) is 0 Å². The van der Waals surface area contributed by atoms with Crippen LogP contribution in [0.25, 0.3) is 0 Å². The molecule has 0 bridgehead atoms. The Morgan fingerprint density at radius 3 is 2.27 bits per heavy atom. The van der Waals surface area contributed by atoms with E-state index in [1.807, 2.05) is 0 Å². The quantitative estimate of drug-likeness (QED) is 0.571. The molecule has 1 heterocycles. The first-order chi connectivity index (χ1) is 4.84. The van der Waals surface area contributed by atoms with Gasteiger partial charge in [-0.1, -0.05) is 0 Å². The molecule has 1 aliphatic heterocycles. The van der Waals surface area contributed by atoms with Gasteiger partial charge in [-0.05, 0) is 20.3 Å². The van der Waals surface area contributed by atoms with Crippen molar-refractivity contribution in [1.29, 1.82) is 0 Å². The maximum Gasteiger partial charge on any atom is 0.273 e. The Morgan fingerprint density at radius 1 is 1.55 bits per heavy atom. The Balaban J connectivity index is 2.91. The van der Waals surface area contributed by atoms with Crippen molar-refractivity contribution in [2.75, 3.05) is 6.61 Å². The normalized spacial score (nSPS) is 30.6. The molecule has 5 heteroatoms. The third kappa shape index (κ3) is 1.72. The lowest BCUT2D eigenvalue weighted by molar-refractivity contribution is 0.0753. The van der Waals surface area contributed by atoms with E-state index < -0.39 is 21.0 Å². The molecule has 66 valence electrons. The summed E-state index contributed by atoms with van der Waals surface area (Å²) in [6.07, 6.45) is 0.381. The van der Waals surface area contributed by atoms with Crippen molar-refractivity contribution in [2.45, 2.75) is 31.1 Å². The van der Waals surface area contributed by atoms with Crippen molar-refractivity contribution in [3.05, 3.63) is 0 Å². The molecule has 0 radical (unpaired) electrons. The van der Waals surface area contributed by atoms with E-state index in [0.717, 1.165) is 0 Å². The highest BCUT2D eigenvalue weighted by Gasteiger charge is 2.42. The third-order valence-electron chi connectivity index (χ3n) is 1.76. The zero-order valence-electron chi connectivity index (χ0n) is 6.57. The van der Waals surface area contributed by atoms with Crippen molar-refractivity contribution >= 4 is 10.1 Å². The van der Waals surface area contributed by atoms with Gasteiger partial charge in [0.25, 0.3) is 10.1 Å². The molecule has 4 nitrogen and oxygen atoms in total. The summed E-state index contributed by atoms with van der Waals surface area (Å²) in [4.78, 5) is 0. The minimum atomic E-state index is -3.49. The summed E-state index contributed by atoms with van der Waals surface area (Å²) in [5.74, 6) is 0. The summed E-state index contributed by atoms with van der Waals surface area (Å²) in [6, 6.07) is 0. The van der Waals surface area contributed by atoms with Crippen LogP contribution >= 0.6 is 0 Å². The number of hydrogen-bond acceptors (Lipinski definition) is 4. The van der Waals surface area contributed by atoms with Gasteiger partial charge in [0, 0.05) is 0 Å². The molecule has 0 spiro atoms. The van der Waals surface area contributed by atoms with Gasteiger partial charge in [-0.2, -0.15) is 8.42 Å². The first-order valence-electron chi connectivity index (χ1n) is 3.44. The van der Waals surface area contributed by atoms with Crippen LogP contribution in [0.3, 0.4) is 0 Å². The second-order valence-corrected chi connectivity index (χ2v) is 5.04. The van der Waals surface area contributed by atoms with Crippen LogP contribution in [-0.2, 0) is 14.3 Å². The number of aliphatic hydroxyl groups is 1. The van der Waals surface area contributed by atoms with E-state index in [1.54, 1.807) is 0 Å². The molecule has 0 aromatic carbocycles. The van der Waals surface area contributed by atoms with Gasteiger partial charge in [0.2, 0.25) is 0 Å². The Morgan fingerprint density at radius 2 is 2.09 bits per heavy atom. The Labute approximate surface area is 66.3 Å². The van der Waals surface area contributed by atoms with Crippen molar-refractivity contribution in [3.8, 4) is 0 Å². The monoisotopic (exact) mass is 180 g/mol. The molecule has 1 rings (SSSR count). The molecule has 1 aliphatic rings. The summed E-state index contributed by atoms with van der Waals surface area (Å²) < 4.78 is 26.5. The molecule has 1 fully saturated rings. The zero-order valence-corrected chi connectivity index (χ0v) is 7.39. The Bertz CT molecular complexity index is 236. The predicted molar refractivity (Wildman–Crippen MR) is 39.6 cm³/mol. The summed E-state index contributed by atoms with van der Waals surface area (Å²) in [5.41, 5.74) is -1.20. The molecule has 11 heavy (non-hydrogen) atoms. The van der Waals surface area contributed by atoms with E-state index in [9.17, 15) is 13.5 Å². The average molecular weight is 180 g/mol. The van der Waals surface area contributed by atoms with Gasteiger partial charge in [0.05, 0.1) is 12.2 Å². The lowest BCUT2D eigenvalue weighted by Crippen LogP contribution is -2.38. The summed E-state index contributed by atoms with van der Waals surface area (Å²) >= 11 is 0.